The number of hydrogen-bond acceptors (Lipinski definition) is 4. The van der Waals surface area contributed by atoms with E-state index in [0.717, 1.165) is 38.5 Å². The third-order valence-electron chi connectivity index (χ3n) is 4.95. The average molecular weight is 350 g/mol. The van der Waals surface area contributed by atoms with Crippen molar-refractivity contribution in [2.45, 2.75) is 79.2 Å². The molecule has 0 heterocycles. The molecule has 25 heavy (non-hydrogen) atoms. The molecule has 1 aliphatic carbocycles. The maximum absolute atomic E-state index is 11.5. The van der Waals surface area contributed by atoms with E-state index in [4.69, 9.17) is 9.47 Å². The summed E-state index contributed by atoms with van der Waals surface area (Å²) in [5.41, 5.74) is 1.46. The zero-order valence-corrected chi connectivity index (χ0v) is 16.5. The van der Waals surface area contributed by atoms with E-state index in [9.17, 15) is 9.59 Å². The zero-order valence-electron chi connectivity index (χ0n) is 16.5. The van der Waals surface area contributed by atoms with Gasteiger partial charge in [-0.3, -0.25) is 4.79 Å². The highest BCUT2D eigenvalue weighted by atomic mass is 16.5. The minimum Gasteiger partial charge on any atom is -0.463 e. The Bertz CT molecular complexity index is 506. The summed E-state index contributed by atoms with van der Waals surface area (Å²) in [7, 11) is 0. The molecule has 0 aromatic carbocycles. The van der Waals surface area contributed by atoms with Gasteiger partial charge in [-0.2, -0.15) is 0 Å². The summed E-state index contributed by atoms with van der Waals surface area (Å²) in [6.45, 7) is 10.3. The van der Waals surface area contributed by atoms with E-state index in [1.165, 1.54) is 18.6 Å². The second kappa shape index (κ2) is 10.4. The Morgan fingerprint density at radius 2 is 2.04 bits per heavy atom. The van der Waals surface area contributed by atoms with Crippen molar-refractivity contribution in [1.29, 1.82) is 0 Å². The lowest BCUT2D eigenvalue weighted by atomic mass is 9.65. The fourth-order valence-electron chi connectivity index (χ4n) is 3.97. The average Bonchev–Trinajstić information content (AvgIpc) is 2.52. The maximum atomic E-state index is 11.5. The molecule has 3 atom stereocenters. The van der Waals surface area contributed by atoms with Gasteiger partial charge >= 0.3 is 11.9 Å². The molecule has 1 aliphatic rings. The largest absolute Gasteiger partial charge is 0.463 e. The molecule has 0 N–H and O–H groups in total. The second-order valence-corrected chi connectivity index (χ2v) is 7.25. The number of allylic oxidation sites excluding steroid dienone is 3. The van der Waals surface area contributed by atoms with Gasteiger partial charge in [-0.1, -0.05) is 38.5 Å². The lowest BCUT2D eigenvalue weighted by Crippen LogP contribution is -2.34. The first kappa shape index (κ1) is 21.5. The molecule has 142 valence electrons. The smallest absolute Gasteiger partial charge is 0.330 e. The molecular weight excluding hydrogens is 316 g/mol. The Labute approximate surface area is 152 Å². The number of rotatable bonds is 8. The van der Waals surface area contributed by atoms with Crippen molar-refractivity contribution in [2.24, 2.45) is 11.3 Å². The Morgan fingerprint density at radius 1 is 1.32 bits per heavy atom. The normalized spacial score (nSPS) is 25.6. The molecule has 0 radical (unpaired) electrons. The first-order chi connectivity index (χ1) is 11.8. The summed E-state index contributed by atoms with van der Waals surface area (Å²) in [6, 6.07) is 0. The Balaban J connectivity index is 2.81. The fourth-order valence-corrected chi connectivity index (χ4v) is 3.97. The zero-order chi connectivity index (χ0) is 18.9. The van der Waals surface area contributed by atoms with Gasteiger partial charge in [0.15, 0.2) is 0 Å². The van der Waals surface area contributed by atoms with E-state index in [2.05, 4.69) is 26.8 Å². The van der Waals surface area contributed by atoms with Crippen molar-refractivity contribution in [3.8, 4) is 0 Å². The van der Waals surface area contributed by atoms with Crippen LogP contribution in [0.4, 0.5) is 0 Å². The Morgan fingerprint density at radius 3 is 2.64 bits per heavy atom. The van der Waals surface area contributed by atoms with Crippen molar-refractivity contribution >= 4 is 11.9 Å². The van der Waals surface area contributed by atoms with E-state index in [-0.39, 0.29) is 23.5 Å². The molecule has 0 spiro atoms. The fraction of sp³-hybridized carbons (Fsp3) is 0.714. The van der Waals surface area contributed by atoms with Gasteiger partial charge in [0.1, 0.15) is 6.10 Å². The van der Waals surface area contributed by atoms with Crippen LogP contribution in [0.1, 0.15) is 73.1 Å². The summed E-state index contributed by atoms with van der Waals surface area (Å²) < 4.78 is 10.4. The van der Waals surface area contributed by atoms with Gasteiger partial charge in [0.05, 0.1) is 6.61 Å². The van der Waals surface area contributed by atoms with Gasteiger partial charge in [-0.15, -0.1) is 0 Å². The quantitative estimate of drug-likeness (QED) is 0.352. The number of carbonyl (C=O) groups excluding carboxylic acids is 2. The minimum atomic E-state index is -0.283. The van der Waals surface area contributed by atoms with Crippen molar-refractivity contribution < 1.29 is 19.1 Å². The molecule has 3 unspecified atom stereocenters. The molecule has 0 amide bonds. The SMILES string of the molecule is CC/C=C(/C(C)C/C=C/C(=O)OCC)C1(C)CCCC(OC(C)=O)C1. The van der Waals surface area contributed by atoms with Crippen LogP contribution >= 0.6 is 0 Å². The highest BCUT2D eigenvalue weighted by Crippen LogP contribution is 2.46. The van der Waals surface area contributed by atoms with E-state index in [1.807, 2.05) is 6.08 Å². The first-order valence-electron chi connectivity index (χ1n) is 9.53. The van der Waals surface area contributed by atoms with Crippen LogP contribution in [-0.4, -0.2) is 24.6 Å². The molecule has 0 aromatic rings. The molecule has 0 aromatic heterocycles. The van der Waals surface area contributed by atoms with E-state index >= 15 is 0 Å². The predicted molar refractivity (Wildman–Crippen MR) is 100 cm³/mol. The van der Waals surface area contributed by atoms with Crippen LogP contribution in [0.5, 0.6) is 0 Å². The third-order valence-corrected chi connectivity index (χ3v) is 4.95. The Hall–Kier alpha value is -1.58. The highest BCUT2D eigenvalue weighted by Gasteiger charge is 2.37. The topological polar surface area (TPSA) is 52.6 Å². The standard InChI is InChI=1S/C21H34O4/c1-6-10-19(16(3)11-8-13-20(23)24-7-2)21(5)14-9-12-18(15-21)25-17(4)22/h8,10,13,16,18H,6-7,9,11-12,14-15H2,1-5H3/b13-8+,19-10-. The number of ether oxygens (including phenoxy) is 2. The van der Waals surface area contributed by atoms with Crippen LogP contribution in [0.2, 0.25) is 0 Å². The monoisotopic (exact) mass is 350 g/mol. The molecule has 1 rings (SSSR count). The van der Waals surface area contributed by atoms with Crippen molar-refractivity contribution in [3.63, 3.8) is 0 Å². The van der Waals surface area contributed by atoms with Crippen LogP contribution < -0.4 is 0 Å². The predicted octanol–water partition coefficient (Wildman–Crippen LogP) is 4.98. The van der Waals surface area contributed by atoms with Crippen LogP contribution in [0.15, 0.2) is 23.8 Å². The minimum absolute atomic E-state index is 0.0128. The lowest BCUT2D eigenvalue weighted by Gasteiger charge is -2.42. The second-order valence-electron chi connectivity index (χ2n) is 7.25. The number of carbonyl (C=O) groups is 2. The molecule has 4 heteroatoms. The molecule has 4 nitrogen and oxygen atoms in total. The van der Waals surface area contributed by atoms with Crippen LogP contribution in [0.3, 0.4) is 0 Å². The molecule has 1 saturated carbocycles. The molecule has 1 fully saturated rings. The summed E-state index contributed by atoms with van der Waals surface area (Å²) in [4.78, 5) is 22.8. The molecule has 0 bridgehead atoms. The molecule has 0 aliphatic heterocycles. The van der Waals surface area contributed by atoms with Gasteiger partial charge in [-0.25, -0.2) is 4.79 Å². The number of esters is 2. The third kappa shape index (κ3) is 7.05. The van der Waals surface area contributed by atoms with Crippen molar-refractivity contribution in [1.82, 2.24) is 0 Å². The lowest BCUT2D eigenvalue weighted by molar-refractivity contribution is -0.149. The van der Waals surface area contributed by atoms with Crippen LogP contribution in [0.25, 0.3) is 0 Å². The van der Waals surface area contributed by atoms with Crippen LogP contribution in [-0.2, 0) is 19.1 Å². The maximum Gasteiger partial charge on any atom is 0.330 e. The van der Waals surface area contributed by atoms with Gasteiger partial charge < -0.3 is 9.47 Å². The summed E-state index contributed by atoms with van der Waals surface area (Å²) in [6.07, 6.45) is 11.6. The molecular formula is C21H34O4. The summed E-state index contributed by atoms with van der Waals surface area (Å²) in [5, 5.41) is 0. The Kier molecular flexibility index (Phi) is 8.95. The number of hydrogen-bond donors (Lipinski definition) is 0. The van der Waals surface area contributed by atoms with E-state index in [0.29, 0.717) is 12.5 Å². The first-order valence-corrected chi connectivity index (χ1v) is 9.53. The van der Waals surface area contributed by atoms with E-state index in [1.54, 1.807) is 6.92 Å². The van der Waals surface area contributed by atoms with E-state index < -0.39 is 0 Å². The van der Waals surface area contributed by atoms with Gasteiger partial charge in [-0.05, 0) is 56.8 Å². The summed E-state index contributed by atoms with van der Waals surface area (Å²) >= 11 is 0. The summed E-state index contributed by atoms with van der Waals surface area (Å²) in [5.74, 6) is -0.137. The molecule has 0 saturated heterocycles. The van der Waals surface area contributed by atoms with Gasteiger partial charge in [0, 0.05) is 13.0 Å². The van der Waals surface area contributed by atoms with Gasteiger partial charge in [0.2, 0.25) is 0 Å². The van der Waals surface area contributed by atoms with Crippen molar-refractivity contribution in [2.75, 3.05) is 6.61 Å². The van der Waals surface area contributed by atoms with Crippen molar-refractivity contribution in [3.05, 3.63) is 23.8 Å². The van der Waals surface area contributed by atoms with Crippen LogP contribution in [0, 0.1) is 11.3 Å². The highest BCUT2D eigenvalue weighted by molar-refractivity contribution is 5.81. The van der Waals surface area contributed by atoms with Gasteiger partial charge in [0.25, 0.3) is 0 Å².